The van der Waals surface area contributed by atoms with Gasteiger partial charge >= 0.3 is 0 Å². The Morgan fingerprint density at radius 2 is 1.81 bits per heavy atom. The number of likely N-dealkylation sites (tertiary alicyclic amines) is 1. The van der Waals surface area contributed by atoms with Gasteiger partial charge in [-0.1, -0.05) is 22.0 Å². The molecule has 2 heterocycles. The van der Waals surface area contributed by atoms with Crippen LogP contribution in [0.15, 0.2) is 22.7 Å². The lowest BCUT2D eigenvalue weighted by Crippen LogP contribution is -2.38. The average Bonchev–Trinajstić information content (AvgIpc) is 3.01. The van der Waals surface area contributed by atoms with Gasteiger partial charge in [-0.3, -0.25) is 0 Å². The van der Waals surface area contributed by atoms with Crippen molar-refractivity contribution in [1.82, 2.24) is 4.90 Å². The molecular weight excluding hydrogens is 348 g/mol. The second-order valence-electron chi connectivity index (χ2n) is 6.34. The molecule has 2 aliphatic heterocycles. The lowest BCUT2D eigenvalue weighted by Gasteiger charge is -2.36. The smallest absolute Gasteiger partial charge is 0.0494 e. The lowest BCUT2D eigenvalue weighted by molar-refractivity contribution is 0.249. The predicted molar refractivity (Wildman–Crippen MR) is 94.3 cm³/mol. The number of nitrogens with zero attached hydrogens (tertiary/aromatic N) is 2. The number of hydrogen-bond donors (Lipinski definition) is 0. The minimum atomic E-state index is 0.594. The van der Waals surface area contributed by atoms with Crippen molar-refractivity contribution in [2.45, 2.75) is 31.6 Å². The molecule has 0 aliphatic carbocycles. The molecule has 0 saturated carbocycles. The topological polar surface area (TPSA) is 6.48 Å². The molecule has 21 heavy (non-hydrogen) atoms. The van der Waals surface area contributed by atoms with Crippen molar-refractivity contribution in [3.05, 3.63) is 28.2 Å². The minimum absolute atomic E-state index is 0.594. The van der Waals surface area contributed by atoms with Crippen molar-refractivity contribution in [2.75, 3.05) is 37.6 Å². The Morgan fingerprint density at radius 1 is 1.10 bits per heavy atom. The van der Waals surface area contributed by atoms with Crippen molar-refractivity contribution in [3.63, 3.8) is 0 Å². The standard InChI is InChI=1S/C17H24BrClN2/c18-16-4-3-15(12-19)17(11-16)21-9-5-14(6-10-21)13-20-7-1-2-8-20/h3-4,11,14H,1-2,5-10,12-13H2. The van der Waals surface area contributed by atoms with E-state index in [1.807, 2.05) is 0 Å². The van der Waals surface area contributed by atoms with Crippen LogP contribution in [0.5, 0.6) is 0 Å². The summed E-state index contributed by atoms with van der Waals surface area (Å²) in [6, 6.07) is 6.45. The summed E-state index contributed by atoms with van der Waals surface area (Å²) in [5.74, 6) is 1.47. The third-order valence-electron chi connectivity index (χ3n) is 4.86. The second kappa shape index (κ2) is 7.34. The van der Waals surface area contributed by atoms with Gasteiger partial charge < -0.3 is 9.80 Å². The maximum Gasteiger partial charge on any atom is 0.0494 e. The molecule has 2 saturated heterocycles. The third-order valence-corrected chi connectivity index (χ3v) is 5.64. The summed E-state index contributed by atoms with van der Waals surface area (Å²) in [5.41, 5.74) is 2.57. The van der Waals surface area contributed by atoms with Crippen LogP contribution in [0.25, 0.3) is 0 Å². The van der Waals surface area contributed by atoms with Crippen molar-refractivity contribution < 1.29 is 0 Å². The molecule has 0 spiro atoms. The Labute approximate surface area is 141 Å². The van der Waals surface area contributed by atoms with E-state index in [9.17, 15) is 0 Å². The van der Waals surface area contributed by atoms with Gasteiger partial charge in [0.2, 0.25) is 0 Å². The predicted octanol–water partition coefficient (Wildman–Crippen LogP) is 4.50. The molecule has 0 amide bonds. The number of rotatable bonds is 4. The molecule has 1 aromatic carbocycles. The lowest BCUT2D eigenvalue weighted by atomic mass is 9.95. The number of halogens is 2. The number of benzene rings is 1. The van der Waals surface area contributed by atoms with Crippen LogP contribution in [0.1, 0.15) is 31.2 Å². The van der Waals surface area contributed by atoms with Crippen LogP contribution in [-0.2, 0) is 5.88 Å². The zero-order chi connectivity index (χ0) is 14.7. The van der Waals surface area contributed by atoms with Gasteiger partial charge in [-0.25, -0.2) is 0 Å². The largest absolute Gasteiger partial charge is 0.371 e. The van der Waals surface area contributed by atoms with E-state index in [-0.39, 0.29) is 0 Å². The fourth-order valence-electron chi connectivity index (χ4n) is 3.63. The zero-order valence-electron chi connectivity index (χ0n) is 12.5. The average molecular weight is 372 g/mol. The van der Waals surface area contributed by atoms with Crippen LogP contribution >= 0.6 is 27.5 Å². The molecule has 2 aliphatic rings. The Balaban J connectivity index is 1.59. The van der Waals surface area contributed by atoms with Crippen LogP contribution < -0.4 is 4.90 Å². The van der Waals surface area contributed by atoms with E-state index >= 15 is 0 Å². The first-order valence-corrected chi connectivity index (χ1v) is 9.40. The summed E-state index contributed by atoms with van der Waals surface area (Å²) in [4.78, 5) is 5.17. The van der Waals surface area contributed by atoms with E-state index in [1.54, 1.807) is 0 Å². The molecule has 0 N–H and O–H groups in total. The zero-order valence-corrected chi connectivity index (χ0v) is 14.9. The van der Waals surface area contributed by atoms with Crippen LogP contribution in [-0.4, -0.2) is 37.6 Å². The fourth-order valence-corrected chi connectivity index (χ4v) is 4.21. The van der Waals surface area contributed by atoms with Gasteiger partial charge in [0.05, 0.1) is 0 Å². The van der Waals surface area contributed by atoms with Gasteiger partial charge in [-0.05, 0) is 62.4 Å². The highest BCUT2D eigenvalue weighted by atomic mass is 79.9. The quantitative estimate of drug-likeness (QED) is 0.719. The molecule has 116 valence electrons. The van der Waals surface area contributed by atoms with Crippen LogP contribution in [0.2, 0.25) is 0 Å². The fraction of sp³-hybridized carbons (Fsp3) is 0.647. The molecule has 2 fully saturated rings. The number of piperidine rings is 1. The van der Waals surface area contributed by atoms with Gasteiger partial charge in [-0.15, -0.1) is 11.6 Å². The van der Waals surface area contributed by atoms with Gasteiger partial charge in [-0.2, -0.15) is 0 Å². The molecule has 1 aromatic rings. The minimum Gasteiger partial charge on any atom is -0.371 e. The SMILES string of the molecule is ClCc1ccc(Br)cc1N1CCC(CN2CCCC2)CC1. The molecule has 0 aromatic heterocycles. The first-order valence-electron chi connectivity index (χ1n) is 8.08. The maximum absolute atomic E-state index is 6.10. The van der Waals surface area contributed by atoms with Gasteiger partial charge in [0.1, 0.15) is 0 Å². The molecule has 4 heteroatoms. The summed E-state index contributed by atoms with van der Waals surface area (Å²) in [7, 11) is 0. The van der Waals surface area contributed by atoms with Crippen LogP contribution in [0.3, 0.4) is 0 Å². The molecule has 3 rings (SSSR count). The highest BCUT2D eigenvalue weighted by molar-refractivity contribution is 9.10. The van der Waals surface area contributed by atoms with Gasteiger partial charge in [0, 0.05) is 35.7 Å². The molecule has 0 radical (unpaired) electrons. The van der Waals surface area contributed by atoms with E-state index in [2.05, 4.69) is 43.9 Å². The van der Waals surface area contributed by atoms with Crippen molar-refractivity contribution in [3.8, 4) is 0 Å². The summed E-state index contributed by atoms with van der Waals surface area (Å²) in [6.45, 7) is 6.29. The van der Waals surface area contributed by atoms with Crippen LogP contribution in [0.4, 0.5) is 5.69 Å². The number of hydrogen-bond acceptors (Lipinski definition) is 2. The van der Waals surface area contributed by atoms with Crippen molar-refractivity contribution in [2.24, 2.45) is 5.92 Å². The van der Waals surface area contributed by atoms with Crippen molar-refractivity contribution >= 4 is 33.2 Å². The Kier molecular flexibility index (Phi) is 5.47. The second-order valence-corrected chi connectivity index (χ2v) is 7.53. The first-order chi connectivity index (χ1) is 10.3. The number of anilines is 1. The molecule has 2 nitrogen and oxygen atoms in total. The van der Waals surface area contributed by atoms with E-state index in [4.69, 9.17) is 11.6 Å². The Morgan fingerprint density at radius 3 is 2.48 bits per heavy atom. The normalized spacial score (nSPS) is 21.1. The first kappa shape index (κ1) is 15.6. The Hall–Kier alpha value is -0.250. The van der Waals surface area contributed by atoms with E-state index < -0.39 is 0 Å². The molecular formula is C17H24BrClN2. The number of alkyl halides is 1. The summed E-state index contributed by atoms with van der Waals surface area (Å²) in [5, 5.41) is 0. The van der Waals surface area contributed by atoms with Crippen molar-refractivity contribution in [1.29, 1.82) is 0 Å². The van der Waals surface area contributed by atoms with Gasteiger partial charge in [0.15, 0.2) is 0 Å². The highest BCUT2D eigenvalue weighted by Crippen LogP contribution is 2.30. The monoisotopic (exact) mass is 370 g/mol. The highest BCUT2D eigenvalue weighted by Gasteiger charge is 2.23. The Bertz CT molecular complexity index is 466. The molecule has 0 atom stereocenters. The summed E-state index contributed by atoms with van der Waals surface area (Å²) >= 11 is 9.68. The van der Waals surface area contributed by atoms with Crippen LogP contribution in [0, 0.1) is 5.92 Å². The maximum atomic E-state index is 6.10. The summed E-state index contributed by atoms with van der Waals surface area (Å²) in [6.07, 6.45) is 5.42. The van der Waals surface area contributed by atoms with E-state index in [1.165, 1.54) is 69.7 Å². The van der Waals surface area contributed by atoms with Gasteiger partial charge in [0.25, 0.3) is 0 Å². The van der Waals surface area contributed by atoms with E-state index in [0.29, 0.717) is 5.88 Å². The van der Waals surface area contributed by atoms with E-state index in [0.717, 1.165) is 10.4 Å². The molecule has 0 unspecified atom stereocenters. The molecule has 0 bridgehead atoms. The third kappa shape index (κ3) is 3.94. The summed E-state index contributed by atoms with van der Waals surface area (Å²) < 4.78 is 1.14.